The average molecular weight is 876 g/mol. The van der Waals surface area contributed by atoms with Crippen LogP contribution in [0.25, 0.3) is 10.9 Å². The van der Waals surface area contributed by atoms with Crippen LogP contribution in [0.3, 0.4) is 0 Å². The van der Waals surface area contributed by atoms with E-state index >= 15 is 13.6 Å². The second kappa shape index (κ2) is 15.3. The van der Waals surface area contributed by atoms with Crippen LogP contribution in [0.1, 0.15) is 127 Å². The molecule has 2 heterocycles. The van der Waals surface area contributed by atoms with E-state index in [1.165, 1.54) is 40.0 Å². The summed E-state index contributed by atoms with van der Waals surface area (Å²) in [5.41, 5.74) is -8.34. The highest BCUT2D eigenvalue weighted by atomic mass is 19.1. The third-order valence-electron chi connectivity index (χ3n) is 16.1. The molecule has 2 N–H and O–H groups in total. The van der Waals surface area contributed by atoms with Gasteiger partial charge in [0.1, 0.15) is 11.3 Å². The summed E-state index contributed by atoms with van der Waals surface area (Å²) in [6, 6.07) is -0.0351. The summed E-state index contributed by atoms with van der Waals surface area (Å²) in [5.74, 6) is -5.20. The molecular weight excluding hydrogens is 813 g/mol. The minimum absolute atomic E-state index is 0.0153. The number of fused-ring (bicyclic) bond motifs is 6. The quantitative estimate of drug-likeness (QED) is 0.235. The summed E-state index contributed by atoms with van der Waals surface area (Å²) in [5, 5.41) is 15.5. The molecule has 1 aromatic carbocycles. The van der Waals surface area contributed by atoms with Gasteiger partial charge < -0.3 is 34.1 Å². The zero-order chi connectivity index (χ0) is 45.9. The minimum Gasteiger partial charge on any atom is -0.492 e. The maximum absolute atomic E-state index is 18.2. The number of allylic oxidation sites excluding steroid dienone is 4. The summed E-state index contributed by atoms with van der Waals surface area (Å²) in [4.78, 5) is 73.3. The molecule has 0 spiro atoms. The van der Waals surface area contributed by atoms with Crippen LogP contribution in [0.2, 0.25) is 0 Å². The van der Waals surface area contributed by atoms with Gasteiger partial charge in [-0.15, -0.1) is 0 Å². The van der Waals surface area contributed by atoms with Gasteiger partial charge in [0.2, 0.25) is 11.2 Å². The Morgan fingerprint density at radius 3 is 2.41 bits per heavy atom. The van der Waals surface area contributed by atoms with E-state index in [-0.39, 0.29) is 70.8 Å². The van der Waals surface area contributed by atoms with Gasteiger partial charge >= 0.3 is 11.9 Å². The standard InChI is InChI=1S/C49H63F2N3O9/c1-11-12-35(57)62-49(25(2)21-33-32-16-13-29-22-31(55)17-18-46(29,8)48(32,51)34(56)23-47(33,49)9)44(60)45(6,7)63-43(59)37-28(5)54(30-14-15-30)39-36(41(37)58)27(4)38(50)40(42(39)61-10)53-20-19-52-26(3)24-53/h17-18,22,25-26,30,32-34,52,56H,11-16,19-21,23-24H2,1-10H3/t25-,26?,32-,33-,34-,46-,47-,48-,49-/m0/s1. The van der Waals surface area contributed by atoms with Crippen molar-refractivity contribution in [3.05, 3.63) is 56.7 Å². The van der Waals surface area contributed by atoms with Gasteiger partial charge in [0.25, 0.3) is 0 Å². The fourth-order valence-electron chi connectivity index (χ4n) is 13.0. The number of hydrogen-bond donors (Lipinski definition) is 2. The molecule has 1 unspecified atom stereocenters. The van der Waals surface area contributed by atoms with Crippen LogP contribution in [0.5, 0.6) is 5.75 Å². The number of pyridine rings is 1. The second-order valence-electron chi connectivity index (χ2n) is 20.3. The molecule has 4 saturated carbocycles. The molecule has 342 valence electrons. The molecule has 0 bridgehead atoms. The summed E-state index contributed by atoms with van der Waals surface area (Å²) in [7, 11) is 1.45. The molecule has 0 amide bonds. The van der Waals surface area contributed by atoms with Crippen molar-refractivity contribution in [1.82, 2.24) is 9.88 Å². The molecular formula is C49H63F2N3O9. The van der Waals surface area contributed by atoms with Crippen molar-refractivity contribution in [3.8, 4) is 5.75 Å². The van der Waals surface area contributed by atoms with Crippen molar-refractivity contribution in [3.63, 3.8) is 0 Å². The first-order valence-electron chi connectivity index (χ1n) is 22.8. The van der Waals surface area contributed by atoms with E-state index in [0.29, 0.717) is 50.0 Å². The maximum Gasteiger partial charge on any atom is 0.344 e. The number of nitrogens with one attached hydrogen (secondary N) is 1. The fourth-order valence-corrected chi connectivity index (χ4v) is 13.0. The SMILES string of the molecule is CCCC(=O)O[C@]1(C(=O)C(C)(C)OC(=O)c2c(C)n(C3CC3)c3c(OC)c(N4CCNC(C)C4)c(F)c(C)c3c2=O)[C@@H](C)C[C@H]2[C@@H]3CCC4=CC(=O)C=C[C@]4(C)[C@@]3(F)[C@@H](O)C[C@@]21C. The van der Waals surface area contributed by atoms with E-state index in [1.54, 1.807) is 40.7 Å². The molecule has 1 aromatic heterocycles. The molecule has 6 aliphatic rings. The number of ether oxygens (including phenoxy) is 3. The Kier molecular flexibility index (Phi) is 11.0. The lowest BCUT2D eigenvalue weighted by Crippen LogP contribution is -2.71. The predicted molar refractivity (Wildman–Crippen MR) is 233 cm³/mol. The number of aromatic nitrogens is 1. The zero-order valence-corrected chi connectivity index (χ0v) is 38.3. The van der Waals surface area contributed by atoms with Gasteiger partial charge in [0.05, 0.1) is 24.1 Å². The van der Waals surface area contributed by atoms with Crippen molar-refractivity contribution < 1.29 is 47.3 Å². The molecule has 5 aliphatic carbocycles. The molecule has 2 aromatic rings. The number of methoxy groups -OCH3 is 1. The number of rotatable bonds is 10. The number of piperazine rings is 1. The number of nitrogens with zero attached hydrogens (tertiary/aromatic N) is 2. The van der Waals surface area contributed by atoms with E-state index in [2.05, 4.69) is 5.32 Å². The second-order valence-corrected chi connectivity index (χ2v) is 20.3. The smallest absolute Gasteiger partial charge is 0.344 e. The van der Waals surface area contributed by atoms with Gasteiger partial charge in [-0.25, -0.2) is 13.6 Å². The number of anilines is 1. The van der Waals surface area contributed by atoms with Crippen LogP contribution in [0, 0.1) is 48.2 Å². The minimum atomic E-state index is -2.20. The number of alkyl halides is 1. The van der Waals surface area contributed by atoms with E-state index in [0.717, 1.165) is 12.8 Å². The number of Topliss-reactive ketones (excluding diaryl/α,β-unsaturated/α-hetero) is 1. The fraction of sp³-hybridized carbons (Fsp3) is 0.653. The predicted octanol–water partition coefficient (Wildman–Crippen LogP) is 7.10. The highest BCUT2D eigenvalue weighted by Gasteiger charge is 2.78. The largest absolute Gasteiger partial charge is 0.492 e. The number of aliphatic hydroxyl groups is 1. The maximum atomic E-state index is 18.2. The summed E-state index contributed by atoms with van der Waals surface area (Å²) >= 11 is 0. The Labute approximate surface area is 367 Å². The summed E-state index contributed by atoms with van der Waals surface area (Å²) < 4.78 is 55.4. The van der Waals surface area contributed by atoms with Crippen molar-refractivity contribution in [1.29, 1.82) is 0 Å². The molecule has 8 rings (SSSR count). The molecule has 5 fully saturated rings. The first-order chi connectivity index (χ1) is 29.5. The van der Waals surface area contributed by atoms with Crippen LogP contribution < -0.4 is 20.4 Å². The highest BCUT2D eigenvalue weighted by molar-refractivity contribution is 6.04. The van der Waals surface area contributed by atoms with Crippen LogP contribution in [0.4, 0.5) is 14.5 Å². The number of carbonyl (C=O) groups is 4. The summed E-state index contributed by atoms with van der Waals surface area (Å²) in [6.07, 6.45) is 5.36. The Bertz CT molecular complexity index is 2440. The van der Waals surface area contributed by atoms with Crippen molar-refractivity contribution >= 4 is 40.1 Å². The van der Waals surface area contributed by atoms with Crippen LogP contribution in [-0.2, 0) is 23.9 Å². The molecule has 9 atom stereocenters. The number of aliphatic hydroxyl groups excluding tert-OH is 1. The van der Waals surface area contributed by atoms with Gasteiger partial charge in [0, 0.05) is 72.1 Å². The number of esters is 2. The van der Waals surface area contributed by atoms with Gasteiger partial charge in [-0.3, -0.25) is 19.2 Å². The number of ketones is 2. The third kappa shape index (κ3) is 6.33. The van der Waals surface area contributed by atoms with E-state index in [4.69, 9.17) is 14.2 Å². The van der Waals surface area contributed by atoms with Gasteiger partial charge in [0.15, 0.2) is 34.2 Å². The van der Waals surface area contributed by atoms with E-state index < -0.39 is 80.5 Å². The highest BCUT2D eigenvalue weighted by Crippen LogP contribution is 2.72. The van der Waals surface area contributed by atoms with Gasteiger partial charge in [-0.1, -0.05) is 32.4 Å². The lowest BCUT2D eigenvalue weighted by Gasteiger charge is -2.63. The molecule has 63 heavy (non-hydrogen) atoms. The zero-order valence-electron chi connectivity index (χ0n) is 38.3. The normalized spacial score (nSPS) is 33.9. The van der Waals surface area contributed by atoms with Gasteiger partial charge in [-0.2, -0.15) is 0 Å². The Morgan fingerprint density at radius 1 is 1.08 bits per heavy atom. The molecule has 1 aliphatic heterocycles. The Balaban J connectivity index is 1.21. The summed E-state index contributed by atoms with van der Waals surface area (Å²) in [6.45, 7) is 16.7. The molecule has 12 nitrogen and oxygen atoms in total. The monoisotopic (exact) mass is 875 g/mol. The van der Waals surface area contributed by atoms with Gasteiger partial charge in [-0.05, 0) is 105 Å². The van der Waals surface area contributed by atoms with E-state index in [9.17, 15) is 24.3 Å². The Hall–Kier alpha value is -4.43. The molecule has 14 heteroatoms. The molecule has 1 saturated heterocycles. The van der Waals surface area contributed by atoms with E-state index in [1.807, 2.05) is 16.4 Å². The average Bonchev–Trinajstić information content (AvgIpc) is 4.02. The van der Waals surface area contributed by atoms with Crippen LogP contribution in [0.15, 0.2) is 28.6 Å². The van der Waals surface area contributed by atoms with Crippen molar-refractivity contribution in [2.45, 2.75) is 149 Å². The number of benzene rings is 1. The first kappa shape index (κ1) is 45.1. The number of hydrogen-bond acceptors (Lipinski definition) is 11. The lowest BCUT2D eigenvalue weighted by atomic mass is 9.44. The third-order valence-corrected chi connectivity index (χ3v) is 16.1. The lowest BCUT2D eigenvalue weighted by molar-refractivity contribution is -0.232. The number of halogens is 2. The van der Waals surface area contributed by atoms with Crippen LogP contribution >= 0.6 is 0 Å². The van der Waals surface area contributed by atoms with Crippen LogP contribution in [-0.4, -0.2) is 88.9 Å². The Morgan fingerprint density at radius 2 is 1.78 bits per heavy atom. The van der Waals surface area contributed by atoms with Crippen molar-refractivity contribution in [2.24, 2.45) is 28.6 Å². The number of carbonyl (C=O) groups excluding carboxylic acids is 4. The number of aryl methyl sites for hydroxylation is 1. The molecule has 0 radical (unpaired) electrons. The topological polar surface area (TPSA) is 153 Å². The van der Waals surface area contributed by atoms with Crippen molar-refractivity contribution in [2.75, 3.05) is 31.6 Å². The first-order valence-corrected chi connectivity index (χ1v) is 22.8.